The number of rotatable bonds is 8. The number of esters is 1. The highest BCUT2D eigenvalue weighted by atomic mass is 16.5. The van der Waals surface area contributed by atoms with E-state index >= 15 is 0 Å². The average Bonchev–Trinajstić information content (AvgIpc) is 3.27. The van der Waals surface area contributed by atoms with Crippen molar-refractivity contribution in [1.82, 2.24) is 4.98 Å². The highest BCUT2D eigenvalue weighted by Crippen LogP contribution is 2.32. The molecule has 3 aromatic carbocycles. The van der Waals surface area contributed by atoms with Crippen molar-refractivity contribution in [2.45, 2.75) is 19.8 Å². The Morgan fingerprint density at radius 3 is 2.34 bits per heavy atom. The van der Waals surface area contributed by atoms with Crippen molar-refractivity contribution < 1.29 is 13.9 Å². The third-order valence-electron chi connectivity index (χ3n) is 5.03. The normalized spacial score (nSPS) is 11.0. The van der Waals surface area contributed by atoms with Crippen LogP contribution in [-0.2, 0) is 22.4 Å². The standard InChI is InChI=1S/C28H25NO3/c1-2-31-26(30)19-17-22-11-9-10-21(20-22)16-18-25-29-27(23-12-5-3-6-13-23)28(32-25)24-14-7-4-8-15-24/h3-15,17,19-20H,2,16,18H2,1H3. The number of ether oxygens (including phenoxy) is 1. The van der Waals surface area contributed by atoms with Crippen molar-refractivity contribution in [1.29, 1.82) is 0 Å². The van der Waals surface area contributed by atoms with Crippen molar-refractivity contribution in [3.8, 4) is 22.6 Å². The average molecular weight is 424 g/mol. The van der Waals surface area contributed by atoms with E-state index in [2.05, 4.69) is 12.1 Å². The monoisotopic (exact) mass is 423 g/mol. The third-order valence-corrected chi connectivity index (χ3v) is 5.03. The zero-order valence-corrected chi connectivity index (χ0v) is 18.0. The molecule has 0 aliphatic carbocycles. The molecule has 0 spiro atoms. The summed E-state index contributed by atoms with van der Waals surface area (Å²) in [6.07, 6.45) is 4.68. The Morgan fingerprint density at radius 1 is 0.906 bits per heavy atom. The fraction of sp³-hybridized carbons (Fsp3) is 0.143. The second-order valence-electron chi connectivity index (χ2n) is 7.35. The molecule has 0 bridgehead atoms. The van der Waals surface area contributed by atoms with Gasteiger partial charge < -0.3 is 9.15 Å². The number of nitrogens with zero attached hydrogens (tertiary/aromatic N) is 1. The molecule has 0 unspecified atom stereocenters. The van der Waals surface area contributed by atoms with E-state index in [1.165, 1.54) is 6.08 Å². The van der Waals surface area contributed by atoms with E-state index < -0.39 is 0 Å². The van der Waals surface area contributed by atoms with Gasteiger partial charge >= 0.3 is 5.97 Å². The van der Waals surface area contributed by atoms with Crippen LogP contribution >= 0.6 is 0 Å². The maximum absolute atomic E-state index is 11.6. The highest BCUT2D eigenvalue weighted by molar-refractivity contribution is 5.87. The summed E-state index contributed by atoms with van der Waals surface area (Å²) in [5.41, 5.74) is 5.01. The van der Waals surface area contributed by atoms with Gasteiger partial charge in [0, 0.05) is 23.6 Å². The van der Waals surface area contributed by atoms with Gasteiger partial charge in [0.2, 0.25) is 0 Å². The first-order valence-electron chi connectivity index (χ1n) is 10.8. The fourth-order valence-electron chi connectivity index (χ4n) is 3.51. The van der Waals surface area contributed by atoms with Gasteiger partial charge in [-0.25, -0.2) is 9.78 Å². The van der Waals surface area contributed by atoms with Crippen LogP contribution in [0.15, 0.2) is 95.4 Å². The van der Waals surface area contributed by atoms with Crippen LogP contribution < -0.4 is 0 Å². The molecule has 0 aliphatic heterocycles. The molecule has 0 fully saturated rings. The summed E-state index contributed by atoms with van der Waals surface area (Å²) >= 11 is 0. The van der Waals surface area contributed by atoms with E-state index in [0.29, 0.717) is 18.9 Å². The SMILES string of the molecule is CCOC(=O)C=Cc1cccc(CCc2nc(-c3ccccc3)c(-c3ccccc3)o2)c1. The predicted octanol–water partition coefficient (Wildman–Crippen LogP) is 6.37. The smallest absolute Gasteiger partial charge is 0.330 e. The predicted molar refractivity (Wildman–Crippen MR) is 127 cm³/mol. The zero-order valence-electron chi connectivity index (χ0n) is 18.0. The number of carbonyl (C=O) groups is 1. The Balaban J connectivity index is 1.54. The molecule has 4 heteroatoms. The molecule has 32 heavy (non-hydrogen) atoms. The first kappa shape index (κ1) is 21.3. The summed E-state index contributed by atoms with van der Waals surface area (Å²) in [4.78, 5) is 16.4. The fourth-order valence-corrected chi connectivity index (χ4v) is 3.51. The molecule has 0 atom stereocenters. The Kier molecular flexibility index (Phi) is 6.93. The summed E-state index contributed by atoms with van der Waals surface area (Å²) < 4.78 is 11.2. The van der Waals surface area contributed by atoms with Gasteiger partial charge in [-0.05, 0) is 30.5 Å². The Morgan fingerprint density at radius 2 is 1.62 bits per heavy atom. The van der Waals surface area contributed by atoms with Crippen LogP contribution in [0.3, 0.4) is 0 Å². The number of hydrogen-bond donors (Lipinski definition) is 0. The van der Waals surface area contributed by atoms with Gasteiger partial charge in [0.25, 0.3) is 0 Å². The van der Waals surface area contributed by atoms with E-state index in [1.54, 1.807) is 13.0 Å². The molecule has 4 nitrogen and oxygen atoms in total. The number of aryl methyl sites for hydroxylation is 2. The van der Waals surface area contributed by atoms with Crippen LogP contribution in [0.4, 0.5) is 0 Å². The lowest BCUT2D eigenvalue weighted by molar-refractivity contribution is -0.137. The maximum Gasteiger partial charge on any atom is 0.330 e. The van der Waals surface area contributed by atoms with Gasteiger partial charge in [0.1, 0.15) is 5.69 Å². The van der Waals surface area contributed by atoms with Crippen molar-refractivity contribution >= 4 is 12.0 Å². The molecule has 0 radical (unpaired) electrons. The van der Waals surface area contributed by atoms with Gasteiger partial charge in [-0.2, -0.15) is 0 Å². The zero-order chi connectivity index (χ0) is 22.2. The Bertz CT molecular complexity index is 1140. The molecule has 0 aliphatic rings. The molecule has 1 aromatic heterocycles. The van der Waals surface area contributed by atoms with E-state index in [-0.39, 0.29) is 5.97 Å². The maximum atomic E-state index is 11.6. The highest BCUT2D eigenvalue weighted by Gasteiger charge is 2.16. The van der Waals surface area contributed by atoms with Crippen molar-refractivity contribution in [2.75, 3.05) is 6.61 Å². The van der Waals surface area contributed by atoms with Gasteiger partial charge in [0.15, 0.2) is 11.7 Å². The second-order valence-corrected chi connectivity index (χ2v) is 7.35. The molecule has 160 valence electrons. The summed E-state index contributed by atoms with van der Waals surface area (Å²) in [7, 11) is 0. The number of hydrogen-bond acceptors (Lipinski definition) is 4. The Labute approximate surface area is 188 Å². The first-order chi connectivity index (χ1) is 15.7. The lowest BCUT2D eigenvalue weighted by Crippen LogP contribution is -1.98. The Hall–Kier alpha value is -3.92. The molecule has 0 N–H and O–H groups in total. The van der Waals surface area contributed by atoms with E-state index in [0.717, 1.165) is 40.1 Å². The van der Waals surface area contributed by atoms with Gasteiger partial charge in [-0.3, -0.25) is 0 Å². The molecule has 4 aromatic rings. The first-order valence-corrected chi connectivity index (χ1v) is 10.8. The van der Waals surface area contributed by atoms with Crippen LogP contribution in [-0.4, -0.2) is 17.6 Å². The van der Waals surface area contributed by atoms with Crippen molar-refractivity contribution in [3.05, 3.63) is 108 Å². The number of aromatic nitrogens is 1. The van der Waals surface area contributed by atoms with Crippen molar-refractivity contribution in [2.24, 2.45) is 0 Å². The van der Waals surface area contributed by atoms with E-state index in [1.807, 2.05) is 72.8 Å². The molecule has 0 amide bonds. The minimum atomic E-state index is -0.334. The van der Waals surface area contributed by atoms with Gasteiger partial charge in [-0.15, -0.1) is 0 Å². The van der Waals surface area contributed by atoms with E-state index in [9.17, 15) is 4.79 Å². The summed E-state index contributed by atoms with van der Waals surface area (Å²) in [5, 5.41) is 0. The lowest BCUT2D eigenvalue weighted by Gasteiger charge is -2.01. The van der Waals surface area contributed by atoms with Gasteiger partial charge in [0.05, 0.1) is 6.61 Å². The van der Waals surface area contributed by atoms with Crippen LogP contribution in [0.25, 0.3) is 28.7 Å². The molecule has 0 saturated carbocycles. The largest absolute Gasteiger partial charge is 0.463 e. The molecule has 1 heterocycles. The molecule has 4 rings (SSSR count). The minimum Gasteiger partial charge on any atom is -0.463 e. The minimum absolute atomic E-state index is 0.334. The van der Waals surface area contributed by atoms with Crippen LogP contribution in [0.5, 0.6) is 0 Å². The quantitative estimate of drug-likeness (QED) is 0.244. The topological polar surface area (TPSA) is 52.3 Å². The van der Waals surface area contributed by atoms with Crippen molar-refractivity contribution in [3.63, 3.8) is 0 Å². The van der Waals surface area contributed by atoms with Crippen LogP contribution in [0.1, 0.15) is 23.9 Å². The summed E-state index contributed by atoms with van der Waals surface area (Å²) in [6.45, 7) is 2.16. The summed E-state index contributed by atoms with van der Waals surface area (Å²) in [5.74, 6) is 1.16. The number of carbonyl (C=O) groups excluding carboxylic acids is 1. The van der Waals surface area contributed by atoms with Gasteiger partial charge in [-0.1, -0.05) is 84.9 Å². The number of oxazole rings is 1. The van der Waals surface area contributed by atoms with Crippen LogP contribution in [0.2, 0.25) is 0 Å². The molecule has 0 saturated heterocycles. The van der Waals surface area contributed by atoms with Crippen LogP contribution in [0, 0.1) is 0 Å². The number of benzene rings is 3. The molecular weight excluding hydrogens is 398 g/mol. The third kappa shape index (κ3) is 5.41. The lowest BCUT2D eigenvalue weighted by atomic mass is 10.1. The molecular formula is C28H25NO3. The van der Waals surface area contributed by atoms with E-state index in [4.69, 9.17) is 14.1 Å². The summed E-state index contributed by atoms with van der Waals surface area (Å²) in [6, 6.07) is 28.3. The second kappa shape index (κ2) is 10.4.